The van der Waals surface area contributed by atoms with E-state index in [1.165, 1.54) is 43.5 Å². The molecule has 2 N–H and O–H groups in total. The van der Waals surface area contributed by atoms with Gasteiger partial charge in [-0.2, -0.15) is 5.10 Å². The maximum absolute atomic E-state index is 5.53. The van der Waals surface area contributed by atoms with E-state index in [-0.39, 0.29) is 0 Å². The molecule has 0 bridgehead atoms. The smallest absolute Gasteiger partial charge is 0.0628 e. The van der Waals surface area contributed by atoms with Crippen LogP contribution in [0.25, 0.3) is 0 Å². The summed E-state index contributed by atoms with van der Waals surface area (Å²) in [5.41, 5.74) is 8.18. The summed E-state index contributed by atoms with van der Waals surface area (Å²) in [5.74, 6) is 0.748. The first-order valence-corrected chi connectivity index (χ1v) is 6.54. The van der Waals surface area contributed by atoms with Crippen LogP contribution in [0, 0.1) is 0 Å². The highest BCUT2D eigenvalue weighted by Gasteiger charge is 2.19. The second-order valence-electron chi connectivity index (χ2n) is 4.91. The van der Waals surface area contributed by atoms with E-state index in [4.69, 9.17) is 5.73 Å². The molecule has 3 heteroatoms. The van der Waals surface area contributed by atoms with Gasteiger partial charge in [-0.1, -0.05) is 19.3 Å². The summed E-state index contributed by atoms with van der Waals surface area (Å²) in [5, 5.41) is 4.58. The Morgan fingerprint density at radius 3 is 2.81 bits per heavy atom. The summed E-state index contributed by atoms with van der Waals surface area (Å²) in [4.78, 5) is 0. The Labute approximate surface area is 98.0 Å². The molecule has 1 heterocycles. The molecule has 2 rings (SSSR count). The molecule has 0 aromatic carbocycles. The number of aromatic nitrogens is 2. The highest BCUT2D eigenvalue weighted by atomic mass is 15.3. The van der Waals surface area contributed by atoms with E-state index in [9.17, 15) is 0 Å². The Hall–Kier alpha value is -0.830. The first kappa shape index (κ1) is 11.6. The van der Waals surface area contributed by atoms with Crippen LogP contribution in [0.2, 0.25) is 0 Å². The molecule has 0 saturated heterocycles. The summed E-state index contributed by atoms with van der Waals surface area (Å²) in [7, 11) is 2.08. The number of nitrogens with zero attached hydrogens (tertiary/aromatic N) is 2. The molecule has 0 aliphatic heterocycles. The van der Waals surface area contributed by atoms with Gasteiger partial charge >= 0.3 is 0 Å². The number of nitrogens with two attached hydrogens (primary N) is 1. The lowest BCUT2D eigenvalue weighted by Gasteiger charge is -2.21. The minimum Gasteiger partial charge on any atom is -0.330 e. The van der Waals surface area contributed by atoms with Gasteiger partial charge in [-0.25, -0.2) is 0 Å². The Balaban J connectivity index is 2.04. The summed E-state index contributed by atoms with van der Waals surface area (Å²) in [6.45, 7) is 0.759. The molecule has 3 nitrogen and oxygen atoms in total. The topological polar surface area (TPSA) is 43.8 Å². The van der Waals surface area contributed by atoms with Crippen molar-refractivity contribution in [3.63, 3.8) is 0 Å². The Morgan fingerprint density at radius 1 is 1.38 bits per heavy atom. The fourth-order valence-corrected chi connectivity index (χ4v) is 2.73. The van der Waals surface area contributed by atoms with Crippen LogP contribution in [0.5, 0.6) is 0 Å². The third kappa shape index (κ3) is 2.64. The van der Waals surface area contributed by atoms with E-state index in [1.54, 1.807) is 0 Å². The Kier molecular flexibility index (Phi) is 3.99. The summed E-state index contributed by atoms with van der Waals surface area (Å²) in [6.07, 6.45) is 8.93. The van der Waals surface area contributed by atoms with Crippen LogP contribution in [-0.4, -0.2) is 16.3 Å². The lowest BCUT2D eigenvalue weighted by Crippen LogP contribution is -2.09. The average Bonchev–Trinajstić information content (AvgIpc) is 2.69. The highest BCUT2D eigenvalue weighted by molar-refractivity contribution is 5.15. The number of hydrogen-bond acceptors (Lipinski definition) is 2. The van der Waals surface area contributed by atoms with Gasteiger partial charge in [-0.3, -0.25) is 4.68 Å². The number of hydrogen-bond donors (Lipinski definition) is 1. The van der Waals surface area contributed by atoms with Crippen molar-refractivity contribution in [2.24, 2.45) is 12.8 Å². The molecular weight excluding hydrogens is 198 g/mol. The Morgan fingerprint density at radius 2 is 2.12 bits per heavy atom. The van der Waals surface area contributed by atoms with Gasteiger partial charge in [0.15, 0.2) is 0 Å². The zero-order chi connectivity index (χ0) is 11.4. The second-order valence-corrected chi connectivity index (χ2v) is 4.91. The van der Waals surface area contributed by atoms with Crippen molar-refractivity contribution in [3.05, 3.63) is 17.5 Å². The molecule has 0 spiro atoms. The molecule has 1 aromatic rings. The highest BCUT2D eigenvalue weighted by Crippen LogP contribution is 2.32. The average molecular weight is 221 g/mol. The van der Waals surface area contributed by atoms with Gasteiger partial charge in [0, 0.05) is 18.7 Å². The van der Waals surface area contributed by atoms with Crippen molar-refractivity contribution in [2.75, 3.05) is 6.54 Å². The van der Waals surface area contributed by atoms with Crippen molar-refractivity contribution in [1.82, 2.24) is 9.78 Å². The fourth-order valence-electron chi connectivity index (χ4n) is 2.73. The number of aryl methyl sites for hydroxylation is 2. The third-order valence-corrected chi connectivity index (χ3v) is 3.63. The van der Waals surface area contributed by atoms with E-state index in [0.29, 0.717) is 0 Å². The molecule has 0 radical (unpaired) electrons. The van der Waals surface area contributed by atoms with Gasteiger partial charge in [-0.15, -0.1) is 0 Å². The molecule has 0 amide bonds. The van der Waals surface area contributed by atoms with Crippen LogP contribution >= 0.6 is 0 Å². The molecule has 1 aliphatic carbocycles. The van der Waals surface area contributed by atoms with E-state index >= 15 is 0 Å². The molecule has 1 saturated carbocycles. The quantitative estimate of drug-likeness (QED) is 0.848. The van der Waals surface area contributed by atoms with E-state index in [0.717, 1.165) is 25.3 Å². The second kappa shape index (κ2) is 5.48. The van der Waals surface area contributed by atoms with Gasteiger partial charge in [0.25, 0.3) is 0 Å². The maximum Gasteiger partial charge on any atom is 0.0628 e. The van der Waals surface area contributed by atoms with Crippen molar-refractivity contribution in [3.8, 4) is 0 Å². The summed E-state index contributed by atoms with van der Waals surface area (Å²) >= 11 is 0. The van der Waals surface area contributed by atoms with Gasteiger partial charge in [0.1, 0.15) is 0 Å². The van der Waals surface area contributed by atoms with Gasteiger partial charge < -0.3 is 5.73 Å². The minimum atomic E-state index is 0.748. The normalized spacial score (nSPS) is 17.9. The first-order valence-electron chi connectivity index (χ1n) is 6.54. The predicted molar refractivity (Wildman–Crippen MR) is 66.4 cm³/mol. The largest absolute Gasteiger partial charge is 0.330 e. The fraction of sp³-hybridized carbons (Fsp3) is 0.769. The van der Waals surface area contributed by atoms with Crippen LogP contribution in [0.15, 0.2) is 6.07 Å². The molecule has 1 aliphatic rings. The van der Waals surface area contributed by atoms with E-state index in [2.05, 4.69) is 22.9 Å². The van der Waals surface area contributed by atoms with E-state index in [1.807, 2.05) is 0 Å². The summed E-state index contributed by atoms with van der Waals surface area (Å²) in [6, 6.07) is 2.30. The van der Waals surface area contributed by atoms with Crippen molar-refractivity contribution >= 4 is 0 Å². The minimum absolute atomic E-state index is 0.748. The zero-order valence-electron chi connectivity index (χ0n) is 10.3. The van der Waals surface area contributed by atoms with Crippen molar-refractivity contribution in [1.29, 1.82) is 0 Å². The van der Waals surface area contributed by atoms with Gasteiger partial charge in [0.2, 0.25) is 0 Å². The predicted octanol–water partition coefficient (Wildman–Crippen LogP) is 2.36. The van der Waals surface area contributed by atoms with Crippen molar-refractivity contribution < 1.29 is 0 Å². The van der Waals surface area contributed by atoms with Crippen LogP contribution in [0.1, 0.15) is 55.8 Å². The van der Waals surface area contributed by atoms with Crippen LogP contribution in [0.3, 0.4) is 0 Å². The monoisotopic (exact) mass is 221 g/mol. The molecule has 90 valence electrons. The van der Waals surface area contributed by atoms with Crippen LogP contribution in [0.4, 0.5) is 0 Å². The van der Waals surface area contributed by atoms with Gasteiger partial charge in [0.05, 0.1) is 5.69 Å². The molecule has 0 atom stereocenters. The Bertz CT molecular complexity index is 324. The molecule has 0 unspecified atom stereocenters. The summed E-state index contributed by atoms with van der Waals surface area (Å²) < 4.78 is 2.09. The molecule has 16 heavy (non-hydrogen) atoms. The molecular formula is C13H23N3. The first-order chi connectivity index (χ1) is 7.81. The van der Waals surface area contributed by atoms with E-state index < -0.39 is 0 Å². The van der Waals surface area contributed by atoms with Crippen LogP contribution < -0.4 is 5.73 Å². The number of rotatable bonds is 4. The maximum atomic E-state index is 5.53. The lowest BCUT2D eigenvalue weighted by molar-refractivity contribution is 0.424. The van der Waals surface area contributed by atoms with Crippen molar-refractivity contribution in [2.45, 2.75) is 50.9 Å². The SMILES string of the molecule is Cn1nc(CCCN)cc1C1CCCCC1. The molecule has 1 aromatic heterocycles. The third-order valence-electron chi connectivity index (χ3n) is 3.63. The molecule has 1 fully saturated rings. The van der Waals surface area contributed by atoms with Gasteiger partial charge in [-0.05, 0) is 38.3 Å². The standard InChI is InChI=1S/C13H23N3/c1-16-13(11-6-3-2-4-7-11)10-12(15-16)8-5-9-14/h10-11H,2-9,14H2,1H3. The zero-order valence-corrected chi connectivity index (χ0v) is 10.3. The lowest BCUT2D eigenvalue weighted by atomic mass is 9.87. The van der Waals surface area contributed by atoms with Crippen LogP contribution in [-0.2, 0) is 13.5 Å².